The van der Waals surface area contributed by atoms with Gasteiger partial charge in [-0.05, 0) is 31.3 Å². The van der Waals surface area contributed by atoms with Crippen molar-refractivity contribution in [2.75, 3.05) is 0 Å². The fourth-order valence-electron chi connectivity index (χ4n) is 1.10. The molecule has 0 N–H and O–H groups in total. The molecule has 0 radical (unpaired) electrons. The molecule has 1 saturated carbocycles. The second kappa shape index (κ2) is 3.08. The average Bonchev–Trinajstić information content (AvgIpc) is 1.77. The number of hydrogen-bond acceptors (Lipinski definition) is 1. The van der Waals surface area contributed by atoms with Crippen molar-refractivity contribution in [3.63, 3.8) is 0 Å². The summed E-state index contributed by atoms with van der Waals surface area (Å²) in [5, 5.41) is 0.701. The first-order chi connectivity index (χ1) is 3.79. The minimum absolute atomic E-state index is 0.701. The monoisotopic (exact) mass is 148 g/mol. The second-order valence-electron chi connectivity index (χ2n) is 2.57. The second-order valence-corrected chi connectivity index (χ2v) is 4.24. The molecule has 0 aromatic rings. The van der Waals surface area contributed by atoms with Gasteiger partial charge in [-0.25, -0.2) is 0 Å². The summed E-state index contributed by atoms with van der Waals surface area (Å²) >= 11 is 4.39. The van der Waals surface area contributed by atoms with Gasteiger partial charge in [0.05, 0.1) is 0 Å². The van der Waals surface area contributed by atoms with Crippen molar-refractivity contribution in [3.8, 4) is 0 Å². The van der Waals surface area contributed by atoms with Crippen LogP contribution in [-0.2, 0) is 0 Å². The van der Waals surface area contributed by atoms with Crippen LogP contribution in [-0.4, -0.2) is 10.9 Å². The van der Waals surface area contributed by atoms with Gasteiger partial charge in [-0.3, -0.25) is 0 Å². The Bertz CT molecular complexity index is 56.9. The summed E-state index contributed by atoms with van der Waals surface area (Å²) in [5.41, 5.74) is 0.887. The van der Waals surface area contributed by atoms with Gasteiger partial charge in [-0.2, -0.15) is 12.6 Å². The van der Waals surface area contributed by atoms with E-state index in [1.165, 1.54) is 25.7 Å². The van der Waals surface area contributed by atoms with Gasteiger partial charge in [0.2, 0.25) is 0 Å². The summed E-state index contributed by atoms with van der Waals surface area (Å²) in [6.45, 7) is 0. The number of hydrogen-bond donors (Lipinski definition) is 1. The quantitative estimate of drug-likeness (QED) is 0.394. The molecule has 1 aliphatic rings. The van der Waals surface area contributed by atoms with Crippen molar-refractivity contribution in [1.82, 2.24) is 0 Å². The van der Waals surface area contributed by atoms with Crippen molar-refractivity contribution in [3.05, 3.63) is 0 Å². The third-order valence-corrected chi connectivity index (χ3v) is 2.92. The van der Waals surface area contributed by atoms with Crippen LogP contribution in [0.3, 0.4) is 0 Å². The Morgan fingerprint density at radius 2 is 1.62 bits per heavy atom. The molecule has 2 heteroatoms. The summed E-state index contributed by atoms with van der Waals surface area (Å²) in [6, 6.07) is 0. The molecule has 1 unspecified atom stereocenters. The highest BCUT2D eigenvalue weighted by Crippen LogP contribution is 2.26. The lowest BCUT2D eigenvalue weighted by atomic mass is 10.00. The van der Waals surface area contributed by atoms with Crippen LogP contribution >= 0.6 is 21.9 Å². The number of thiol groups is 1. The zero-order chi connectivity index (χ0) is 5.98. The van der Waals surface area contributed by atoms with Gasteiger partial charge in [-0.15, -0.1) is 9.24 Å². The molecule has 1 atom stereocenters. The SMILES string of the molecule is PC1CCC(S)CC1. The number of rotatable bonds is 0. The molecule has 1 rings (SSSR count). The molecule has 0 spiro atoms. The Hall–Kier alpha value is 0.780. The minimum Gasteiger partial charge on any atom is -0.176 e. The van der Waals surface area contributed by atoms with E-state index in [9.17, 15) is 0 Å². The third-order valence-electron chi connectivity index (χ3n) is 1.74. The summed E-state index contributed by atoms with van der Waals surface area (Å²) in [6.07, 6.45) is 5.35. The molecule has 0 aliphatic heterocycles. The fraction of sp³-hybridized carbons (Fsp3) is 1.00. The molecule has 48 valence electrons. The molecule has 0 nitrogen and oxygen atoms in total. The third kappa shape index (κ3) is 1.95. The Morgan fingerprint density at radius 1 is 1.12 bits per heavy atom. The van der Waals surface area contributed by atoms with Crippen LogP contribution in [0.25, 0.3) is 0 Å². The maximum Gasteiger partial charge on any atom is 0.00172 e. The zero-order valence-electron chi connectivity index (χ0n) is 5.01. The average molecular weight is 148 g/mol. The van der Waals surface area contributed by atoms with Gasteiger partial charge in [0, 0.05) is 5.25 Å². The van der Waals surface area contributed by atoms with Gasteiger partial charge in [0.15, 0.2) is 0 Å². The van der Waals surface area contributed by atoms with Gasteiger partial charge >= 0.3 is 0 Å². The predicted octanol–water partition coefficient (Wildman–Crippen LogP) is 2.10. The van der Waals surface area contributed by atoms with Crippen LogP contribution < -0.4 is 0 Å². The lowest BCUT2D eigenvalue weighted by Crippen LogP contribution is -2.13. The molecule has 1 aliphatic carbocycles. The molecular formula is C6H13PS. The van der Waals surface area contributed by atoms with E-state index in [4.69, 9.17) is 0 Å². The molecule has 0 saturated heterocycles. The van der Waals surface area contributed by atoms with Crippen LogP contribution in [0, 0.1) is 0 Å². The normalized spacial score (nSPS) is 39.8. The summed E-state index contributed by atoms with van der Waals surface area (Å²) < 4.78 is 0. The van der Waals surface area contributed by atoms with Crippen molar-refractivity contribution < 1.29 is 0 Å². The van der Waals surface area contributed by atoms with Crippen LogP contribution in [0.15, 0.2) is 0 Å². The first kappa shape index (κ1) is 6.89. The Labute approximate surface area is 59.0 Å². The minimum atomic E-state index is 0.701. The summed E-state index contributed by atoms with van der Waals surface area (Å²) in [5.74, 6) is 0. The highest BCUT2D eigenvalue weighted by Gasteiger charge is 2.13. The van der Waals surface area contributed by atoms with Crippen LogP contribution in [0.1, 0.15) is 25.7 Å². The first-order valence-electron chi connectivity index (χ1n) is 3.22. The van der Waals surface area contributed by atoms with Crippen molar-refractivity contribution >= 4 is 21.9 Å². The van der Waals surface area contributed by atoms with Gasteiger partial charge in [-0.1, -0.05) is 0 Å². The van der Waals surface area contributed by atoms with Crippen LogP contribution in [0.5, 0.6) is 0 Å². The zero-order valence-corrected chi connectivity index (χ0v) is 7.06. The van der Waals surface area contributed by atoms with Gasteiger partial charge in [0.25, 0.3) is 0 Å². The molecule has 0 aromatic carbocycles. The standard InChI is InChI=1S/C6H13PS/c7-5-1-3-6(8)4-2-5/h5-6,8H,1-4,7H2. The maximum atomic E-state index is 4.39. The molecule has 0 bridgehead atoms. The Kier molecular flexibility index (Phi) is 2.65. The molecular weight excluding hydrogens is 135 g/mol. The Balaban J connectivity index is 2.19. The van der Waals surface area contributed by atoms with Crippen LogP contribution in [0.4, 0.5) is 0 Å². The Morgan fingerprint density at radius 3 is 2.00 bits per heavy atom. The molecule has 0 amide bonds. The maximum absolute atomic E-state index is 4.39. The van der Waals surface area contributed by atoms with E-state index in [1.807, 2.05) is 0 Å². The highest BCUT2D eigenvalue weighted by atomic mass is 32.1. The summed E-state index contributed by atoms with van der Waals surface area (Å²) in [7, 11) is 2.89. The van der Waals surface area contributed by atoms with Crippen LogP contribution in [0.2, 0.25) is 0 Å². The topological polar surface area (TPSA) is 0 Å². The molecule has 1 fully saturated rings. The molecule has 8 heavy (non-hydrogen) atoms. The smallest absolute Gasteiger partial charge is 0.00172 e. The van der Waals surface area contributed by atoms with E-state index >= 15 is 0 Å². The largest absolute Gasteiger partial charge is 0.176 e. The summed E-state index contributed by atoms with van der Waals surface area (Å²) in [4.78, 5) is 0. The van der Waals surface area contributed by atoms with Gasteiger partial charge in [0.1, 0.15) is 0 Å². The van der Waals surface area contributed by atoms with Crippen molar-refractivity contribution in [2.24, 2.45) is 0 Å². The van der Waals surface area contributed by atoms with E-state index in [0.717, 1.165) is 5.66 Å². The van der Waals surface area contributed by atoms with E-state index in [-0.39, 0.29) is 0 Å². The lowest BCUT2D eigenvalue weighted by Gasteiger charge is -2.21. The molecule has 0 aromatic heterocycles. The molecule has 0 heterocycles. The predicted molar refractivity (Wildman–Crippen MR) is 44.7 cm³/mol. The van der Waals surface area contributed by atoms with E-state index in [0.29, 0.717) is 5.25 Å². The fourth-order valence-corrected chi connectivity index (χ4v) is 1.78. The van der Waals surface area contributed by atoms with Crippen molar-refractivity contribution in [1.29, 1.82) is 0 Å². The van der Waals surface area contributed by atoms with E-state index in [1.54, 1.807) is 0 Å². The van der Waals surface area contributed by atoms with Crippen molar-refractivity contribution in [2.45, 2.75) is 36.6 Å². The lowest BCUT2D eigenvalue weighted by molar-refractivity contribution is 0.530. The van der Waals surface area contributed by atoms with E-state index in [2.05, 4.69) is 21.9 Å². The first-order valence-corrected chi connectivity index (χ1v) is 4.41. The van der Waals surface area contributed by atoms with E-state index < -0.39 is 0 Å². The highest BCUT2D eigenvalue weighted by molar-refractivity contribution is 7.80. The van der Waals surface area contributed by atoms with Gasteiger partial charge < -0.3 is 0 Å².